The van der Waals surface area contributed by atoms with Crippen LogP contribution in [0, 0.1) is 5.92 Å². The molecule has 1 aromatic carbocycles. The molecule has 134 valence electrons. The maximum absolute atomic E-state index is 12.8. The maximum Gasteiger partial charge on any atom is 0.391 e. The lowest BCUT2D eigenvalue weighted by Gasteiger charge is -2.31. The zero-order valence-corrected chi connectivity index (χ0v) is 13.2. The first-order valence-electron chi connectivity index (χ1n) is 7.92. The number of carbonyl (C=O) groups is 1. The number of alkyl halides is 3. The van der Waals surface area contributed by atoms with Crippen molar-refractivity contribution in [3.8, 4) is 11.5 Å². The first kappa shape index (κ1) is 17.2. The highest BCUT2D eigenvalue weighted by Gasteiger charge is 2.42. The Morgan fingerprint density at radius 1 is 1.28 bits per heavy atom. The number of rotatable bonds is 3. The van der Waals surface area contributed by atoms with Crippen LogP contribution in [0.1, 0.15) is 25.7 Å². The van der Waals surface area contributed by atoms with Crippen molar-refractivity contribution in [1.29, 1.82) is 0 Å². The molecule has 1 aliphatic rings. The Morgan fingerprint density at radius 3 is 2.84 bits per heavy atom. The summed E-state index contributed by atoms with van der Waals surface area (Å²) in [6.07, 6.45) is -1.99. The van der Waals surface area contributed by atoms with Crippen LogP contribution in [0.5, 0.6) is 0 Å². The van der Waals surface area contributed by atoms with Gasteiger partial charge in [0.1, 0.15) is 0 Å². The topological polar surface area (TPSA) is 80.1 Å². The number of aromatic nitrogens is 2. The number of urea groups is 1. The van der Waals surface area contributed by atoms with Crippen molar-refractivity contribution < 1.29 is 22.4 Å². The molecule has 1 saturated carbocycles. The molecule has 9 heteroatoms. The van der Waals surface area contributed by atoms with Crippen LogP contribution in [-0.2, 0) is 0 Å². The Bertz CT molecular complexity index is 718. The molecule has 1 heterocycles. The number of hydrogen-bond donors (Lipinski definition) is 2. The second kappa shape index (κ2) is 7.12. The normalized spacial score (nSPS) is 20.9. The summed E-state index contributed by atoms with van der Waals surface area (Å²) in [7, 11) is 0. The van der Waals surface area contributed by atoms with E-state index in [1.165, 1.54) is 6.39 Å². The monoisotopic (exact) mass is 354 g/mol. The second-order valence-corrected chi connectivity index (χ2v) is 6.03. The molecule has 2 atom stereocenters. The third kappa shape index (κ3) is 4.49. The van der Waals surface area contributed by atoms with E-state index in [2.05, 4.69) is 20.8 Å². The number of halogens is 3. The third-order valence-corrected chi connectivity index (χ3v) is 4.20. The fraction of sp³-hybridized carbons (Fsp3) is 0.438. The van der Waals surface area contributed by atoms with Crippen molar-refractivity contribution in [2.75, 3.05) is 5.32 Å². The summed E-state index contributed by atoms with van der Waals surface area (Å²) in [6, 6.07) is 5.74. The van der Waals surface area contributed by atoms with E-state index in [1.54, 1.807) is 24.3 Å². The molecule has 1 fully saturated rings. The van der Waals surface area contributed by atoms with Gasteiger partial charge in [0.15, 0.2) is 0 Å². The Kier molecular flexibility index (Phi) is 4.91. The molecule has 0 aliphatic heterocycles. The SMILES string of the molecule is O=C(Nc1cccc(-c2nnco2)c1)N[C@@H]1CCC[C@H](C(F)(F)F)C1. The average Bonchev–Trinajstić information content (AvgIpc) is 3.09. The van der Waals surface area contributed by atoms with Gasteiger partial charge < -0.3 is 15.1 Å². The molecular formula is C16H17F3N4O2. The number of nitrogens with zero attached hydrogens (tertiary/aromatic N) is 2. The highest BCUT2D eigenvalue weighted by molar-refractivity contribution is 5.90. The number of amides is 2. The van der Waals surface area contributed by atoms with Crippen LogP contribution < -0.4 is 10.6 Å². The van der Waals surface area contributed by atoms with E-state index in [0.717, 1.165) is 0 Å². The predicted molar refractivity (Wildman–Crippen MR) is 83.7 cm³/mol. The average molecular weight is 354 g/mol. The lowest BCUT2D eigenvalue weighted by Crippen LogP contribution is -2.43. The van der Waals surface area contributed by atoms with Gasteiger partial charge in [0.25, 0.3) is 0 Å². The van der Waals surface area contributed by atoms with Crippen molar-refractivity contribution in [2.24, 2.45) is 5.92 Å². The van der Waals surface area contributed by atoms with Crippen molar-refractivity contribution >= 4 is 11.7 Å². The highest BCUT2D eigenvalue weighted by Crippen LogP contribution is 2.37. The van der Waals surface area contributed by atoms with Gasteiger partial charge >= 0.3 is 12.2 Å². The van der Waals surface area contributed by atoms with E-state index >= 15 is 0 Å². The van der Waals surface area contributed by atoms with E-state index < -0.39 is 24.2 Å². The molecule has 25 heavy (non-hydrogen) atoms. The number of anilines is 1. The van der Waals surface area contributed by atoms with Crippen LogP contribution in [0.25, 0.3) is 11.5 Å². The van der Waals surface area contributed by atoms with Crippen LogP contribution in [0.15, 0.2) is 35.1 Å². The van der Waals surface area contributed by atoms with Gasteiger partial charge in [0.2, 0.25) is 12.3 Å². The van der Waals surface area contributed by atoms with E-state index in [-0.39, 0.29) is 12.8 Å². The smallest absolute Gasteiger partial charge is 0.391 e. The molecular weight excluding hydrogens is 337 g/mol. The Balaban J connectivity index is 1.58. The Hall–Kier alpha value is -2.58. The van der Waals surface area contributed by atoms with E-state index in [4.69, 9.17) is 4.42 Å². The molecule has 0 spiro atoms. The fourth-order valence-electron chi connectivity index (χ4n) is 3.00. The molecule has 2 amide bonds. The van der Waals surface area contributed by atoms with E-state index in [0.29, 0.717) is 30.0 Å². The van der Waals surface area contributed by atoms with Gasteiger partial charge in [-0.15, -0.1) is 10.2 Å². The van der Waals surface area contributed by atoms with E-state index in [1.807, 2.05) is 0 Å². The van der Waals surface area contributed by atoms with Crippen LogP contribution in [0.3, 0.4) is 0 Å². The highest BCUT2D eigenvalue weighted by atomic mass is 19.4. The minimum Gasteiger partial charge on any atom is -0.423 e. The van der Waals surface area contributed by atoms with Crippen LogP contribution in [0.2, 0.25) is 0 Å². The molecule has 0 bridgehead atoms. The maximum atomic E-state index is 12.8. The van der Waals surface area contributed by atoms with Gasteiger partial charge in [-0.25, -0.2) is 4.79 Å². The summed E-state index contributed by atoms with van der Waals surface area (Å²) in [6.45, 7) is 0. The lowest BCUT2D eigenvalue weighted by molar-refractivity contribution is -0.183. The molecule has 6 nitrogen and oxygen atoms in total. The van der Waals surface area contributed by atoms with E-state index in [9.17, 15) is 18.0 Å². The number of nitrogens with one attached hydrogen (secondary N) is 2. The molecule has 3 rings (SSSR count). The van der Waals surface area contributed by atoms with Crippen molar-refractivity contribution in [3.05, 3.63) is 30.7 Å². The zero-order chi connectivity index (χ0) is 17.9. The van der Waals surface area contributed by atoms with Crippen molar-refractivity contribution in [2.45, 2.75) is 37.9 Å². The predicted octanol–water partition coefficient (Wildman–Crippen LogP) is 3.98. The summed E-state index contributed by atoms with van der Waals surface area (Å²) in [5, 5.41) is 12.6. The first-order chi connectivity index (χ1) is 11.9. The van der Waals surface area contributed by atoms with Gasteiger partial charge in [-0.1, -0.05) is 12.5 Å². The van der Waals surface area contributed by atoms with Crippen molar-refractivity contribution in [1.82, 2.24) is 15.5 Å². The minimum absolute atomic E-state index is 0.0844. The molecule has 0 unspecified atom stereocenters. The van der Waals surface area contributed by atoms with Gasteiger partial charge in [-0.05, 0) is 37.5 Å². The molecule has 1 aliphatic carbocycles. The van der Waals surface area contributed by atoms with Crippen LogP contribution in [-0.4, -0.2) is 28.4 Å². The van der Waals surface area contributed by atoms with Gasteiger partial charge in [0.05, 0.1) is 5.92 Å². The van der Waals surface area contributed by atoms with Crippen molar-refractivity contribution in [3.63, 3.8) is 0 Å². The second-order valence-electron chi connectivity index (χ2n) is 6.03. The third-order valence-electron chi connectivity index (χ3n) is 4.20. The fourth-order valence-corrected chi connectivity index (χ4v) is 3.00. The summed E-state index contributed by atoms with van der Waals surface area (Å²) in [5.41, 5.74) is 1.11. The van der Waals surface area contributed by atoms with Gasteiger partial charge in [-0.2, -0.15) is 13.2 Å². The molecule has 0 radical (unpaired) electrons. The molecule has 1 aromatic heterocycles. The first-order valence-corrected chi connectivity index (χ1v) is 7.92. The lowest BCUT2D eigenvalue weighted by atomic mass is 9.85. The van der Waals surface area contributed by atoms with Crippen LogP contribution in [0.4, 0.5) is 23.7 Å². The largest absolute Gasteiger partial charge is 0.423 e. The number of carbonyl (C=O) groups excluding carboxylic acids is 1. The summed E-state index contributed by atoms with van der Waals surface area (Å²) in [5.74, 6) is -1.04. The summed E-state index contributed by atoms with van der Waals surface area (Å²) < 4.78 is 43.6. The standard InChI is InChI=1S/C16H17F3N4O2/c17-16(18,19)11-4-2-6-13(8-11)22-15(24)21-12-5-1-3-10(7-12)14-23-20-9-25-14/h1,3,5,7,9,11,13H,2,4,6,8H2,(H2,21,22,24)/t11-,13+/m0/s1. The molecule has 2 aromatic rings. The zero-order valence-electron chi connectivity index (χ0n) is 13.2. The summed E-state index contributed by atoms with van der Waals surface area (Å²) >= 11 is 0. The number of hydrogen-bond acceptors (Lipinski definition) is 4. The Labute approximate surface area is 141 Å². The van der Waals surface area contributed by atoms with Crippen LogP contribution >= 0.6 is 0 Å². The Morgan fingerprint density at radius 2 is 2.12 bits per heavy atom. The molecule has 2 N–H and O–H groups in total. The van der Waals surface area contributed by atoms with Gasteiger partial charge in [-0.3, -0.25) is 0 Å². The molecule has 0 saturated heterocycles. The quantitative estimate of drug-likeness (QED) is 0.874. The minimum atomic E-state index is -4.21. The summed E-state index contributed by atoms with van der Waals surface area (Å²) in [4.78, 5) is 12.1. The number of benzene rings is 1. The van der Waals surface area contributed by atoms with Gasteiger partial charge in [0, 0.05) is 17.3 Å².